The molecule has 2 rings (SSSR count). The highest BCUT2D eigenvalue weighted by molar-refractivity contribution is 5.50. The van der Waals surface area contributed by atoms with E-state index in [-0.39, 0.29) is 0 Å². The Balaban J connectivity index is 1.93. The van der Waals surface area contributed by atoms with Gasteiger partial charge in [-0.05, 0) is 44.9 Å². The van der Waals surface area contributed by atoms with Crippen molar-refractivity contribution in [2.75, 3.05) is 19.5 Å². The van der Waals surface area contributed by atoms with E-state index in [1.165, 1.54) is 25.7 Å². The highest BCUT2D eigenvalue weighted by atomic mass is 16.5. The molecule has 4 heteroatoms. The van der Waals surface area contributed by atoms with E-state index in [1.807, 2.05) is 19.2 Å². The molecule has 0 spiro atoms. The first-order valence-electron chi connectivity index (χ1n) is 6.26. The fourth-order valence-corrected chi connectivity index (χ4v) is 2.38. The van der Waals surface area contributed by atoms with Gasteiger partial charge in [-0.2, -0.15) is 0 Å². The van der Waals surface area contributed by atoms with E-state index >= 15 is 0 Å². The maximum atomic E-state index is 5.29. The molecule has 1 saturated carbocycles. The molecule has 0 amide bonds. The molecule has 1 aromatic heterocycles. The van der Waals surface area contributed by atoms with Gasteiger partial charge in [-0.15, -0.1) is 0 Å². The van der Waals surface area contributed by atoms with Gasteiger partial charge in [0.25, 0.3) is 0 Å². The monoisotopic (exact) mass is 235 g/mol. The van der Waals surface area contributed by atoms with Crippen molar-refractivity contribution in [1.29, 1.82) is 0 Å². The molecule has 0 aliphatic heterocycles. The number of ether oxygens (including phenoxy) is 1. The van der Waals surface area contributed by atoms with Crippen molar-refractivity contribution in [3.05, 3.63) is 18.3 Å². The first-order chi connectivity index (χ1) is 8.33. The number of anilines is 1. The van der Waals surface area contributed by atoms with Crippen molar-refractivity contribution in [3.63, 3.8) is 0 Å². The van der Waals surface area contributed by atoms with Crippen molar-refractivity contribution in [2.45, 2.75) is 37.8 Å². The Morgan fingerprint density at radius 3 is 2.59 bits per heavy atom. The van der Waals surface area contributed by atoms with Crippen LogP contribution >= 0.6 is 0 Å². The molecule has 0 atom stereocenters. The van der Waals surface area contributed by atoms with E-state index in [0.29, 0.717) is 12.1 Å². The molecular formula is C13H21N3O. The minimum absolute atomic E-state index is 0.517. The lowest BCUT2D eigenvalue weighted by atomic mass is 9.91. The second-order valence-corrected chi connectivity index (χ2v) is 4.54. The molecule has 0 radical (unpaired) electrons. The molecule has 94 valence electrons. The minimum Gasteiger partial charge on any atom is -0.493 e. The molecule has 1 aromatic rings. The zero-order valence-electron chi connectivity index (χ0n) is 10.6. The molecule has 1 aliphatic rings. The number of aromatic nitrogens is 1. The van der Waals surface area contributed by atoms with Crippen LogP contribution in [0, 0.1) is 0 Å². The summed E-state index contributed by atoms with van der Waals surface area (Å²) in [4.78, 5) is 4.33. The largest absolute Gasteiger partial charge is 0.493 e. The summed E-state index contributed by atoms with van der Waals surface area (Å²) in [5.74, 6) is 1.69. The Labute approximate surface area is 103 Å². The second-order valence-electron chi connectivity index (χ2n) is 4.54. The van der Waals surface area contributed by atoms with Crippen LogP contribution in [-0.2, 0) is 0 Å². The summed E-state index contributed by atoms with van der Waals surface area (Å²) in [6.07, 6.45) is 6.62. The fourth-order valence-electron chi connectivity index (χ4n) is 2.38. The molecule has 0 unspecified atom stereocenters. The molecule has 1 aliphatic carbocycles. The van der Waals surface area contributed by atoms with Crippen molar-refractivity contribution < 1.29 is 4.74 Å². The van der Waals surface area contributed by atoms with Crippen molar-refractivity contribution >= 4 is 5.82 Å². The maximum Gasteiger partial charge on any atom is 0.168 e. The van der Waals surface area contributed by atoms with E-state index in [4.69, 9.17) is 4.74 Å². The van der Waals surface area contributed by atoms with Crippen molar-refractivity contribution in [1.82, 2.24) is 10.3 Å². The van der Waals surface area contributed by atoms with E-state index in [2.05, 4.69) is 15.6 Å². The summed E-state index contributed by atoms with van der Waals surface area (Å²) < 4.78 is 5.29. The van der Waals surface area contributed by atoms with Gasteiger partial charge in [-0.25, -0.2) is 4.98 Å². The number of nitrogens with zero attached hydrogens (tertiary/aromatic N) is 1. The lowest BCUT2D eigenvalue weighted by Crippen LogP contribution is -2.35. The van der Waals surface area contributed by atoms with Gasteiger partial charge in [0.15, 0.2) is 11.6 Å². The number of rotatable bonds is 4. The molecule has 0 bridgehead atoms. The summed E-state index contributed by atoms with van der Waals surface area (Å²) >= 11 is 0. The Kier molecular flexibility index (Phi) is 4.20. The summed E-state index contributed by atoms with van der Waals surface area (Å²) in [6.45, 7) is 0. The Hall–Kier alpha value is -1.29. The van der Waals surface area contributed by atoms with Crippen LogP contribution in [0.15, 0.2) is 18.3 Å². The SMILES string of the molecule is CNC1CCC(Nc2ncccc2OC)CC1. The number of methoxy groups -OCH3 is 1. The van der Waals surface area contributed by atoms with Gasteiger partial charge < -0.3 is 15.4 Å². The molecule has 1 fully saturated rings. The van der Waals surface area contributed by atoms with Crippen LogP contribution in [0.25, 0.3) is 0 Å². The highest BCUT2D eigenvalue weighted by Crippen LogP contribution is 2.26. The zero-order chi connectivity index (χ0) is 12.1. The highest BCUT2D eigenvalue weighted by Gasteiger charge is 2.20. The van der Waals surface area contributed by atoms with Crippen molar-refractivity contribution in [3.8, 4) is 5.75 Å². The Morgan fingerprint density at radius 1 is 1.24 bits per heavy atom. The molecule has 2 N–H and O–H groups in total. The summed E-state index contributed by atoms with van der Waals surface area (Å²) in [7, 11) is 3.72. The van der Waals surface area contributed by atoms with Crippen LogP contribution in [0.2, 0.25) is 0 Å². The average molecular weight is 235 g/mol. The van der Waals surface area contributed by atoms with E-state index in [0.717, 1.165) is 11.6 Å². The smallest absolute Gasteiger partial charge is 0.168 e. The molecule has 4 nitrogen and oxygen atoms in total. The number of hydrogen-bond donors (Lipinski definition) is 2. The van der Waals surface area contributed by atoms with Crippen LogP contribution < -0.4 is 15.4 Å². The molecule has 0 saturated heterocycles. The van der Waals surface area contributed by atoms with E-state index in [1.54, 1.807) is 13.3 Å². The quantitative estimate of drug-likeness (QED) is 0.838. The van der Waals surface area contributed by atoms with Crippen molar-refractivity contribution in [2.24, 2.45) is 0 Å². The fraction of sp³-hybridized carbons (Fsp3) is 0.615. The van der Waals surface area contributed by atoms with Crippen LogP contribution in [0.5, 0.6) is 5.75 Å². The molecular weight excluding hydrogens is 214 g/mol. The van der Waals surface area contributed by atoms with Crippen LogP contribution in [0.4, 0.5) is 5.82 Å². The normalized spacial score (nSPS) is 24.4. The lowest BCUT2D eigenvalue weighted by molar-refractivity contribution is 0.368. The number of hydrogen-bond acceptors (Lipinski definition) is 4. The van der Waals surface area contributed by atoms with Gasteiger partial charge >= 0.3 is 0 Å². The van der Waals surface area contributed by atoms with Crippen LogP contribution in [0.1, 0.15) is 25.7 Å². The number of pyridine rings is 1. The van der Waals surface area contributed by atoms with Gasteiger partial charge in [0.2, 0.25) is 0 Å². The third-order valence-electron chi connectivity index (χ3n) is 3.47. The predicted molar refractivity (Wildman–Crippen MR) is 69.5 cm³/mol. The Morgan fingerprint density at radius 2 is 1.94 bits per heavy atom. The molecule has 17 heavy (non-hydrogen) atoms. The minimum atomic E-state index is 0.517. The first kappa shape index (κ1) is 12.2. The second kappa shape index (κ2) is 5.87. The van der Waals surface area contributed by atoms with Crippen LogP contribution in [-0.4, -0.2) is 31.2 Å². The summed E-state index contributed by atoms with van der Waals surface area (Å²) in [5, 5.41) is 6.82. The summed E-state index contributed by atoms with van der Waals surface area (Å²) in [5.41, 5.74) is 0. The summed E-state index contributed by atoms with van der Waals surface area (Å²) in [6, 6.07) is 5.03. The standard InChI is InChI=1S/C13H21N3O/c1-14-10-5-7-11(8-6-10)16-13-12(17-2)4-3-9-15-13/h3-4,9-11,14H,5-8H2,1-2H3,(H,15,16). The lowest BCUT2D eigenvalue weighted by Gasteiger charge is -2.29. The van der Waals surface area contributed by atoms with Gasteiger partial charge in [0, 0.05) is 18.3 Å². The molecule has 0 aromatic carbocycles. The van der Waals surface area contributed by atoms with Gasteiger partial charge in [-0.1, -0.05) is 0 Å². The van der Waals surface area contributed by atoms with Gasteiger partial charge in [0.05, 0.1) is 7.11 Å². The van der Waals surface area contributed by atoms with E-state index < -0.39 is 0 Å². The average Bonchev–Trinajstić information content (AvgIpc) is 2.40. The van der Waals surface area contributed by atoms with Gasteiger partial charge in [0.1, 0.15) is 0 Å². The Bertz CT molecular complexity index is 348. The topological polar surface area (TPSA) is 46.2 Å². The predicted octanol–water partition coefficient (Wildman–Crippen LogP) is 2.03. The number of nitrogens with one attached hydrogen (secondary N) is 2. The zero-order valence-corrected chi connectivity index (χ0v) is 10.6. The van der Waals surface area contributed by atoms with Gasteiger partial charge in [-0.3, -0.25) is 0 Å². The van der Waals surface area contributed by atoms with Crippen LogP contribution in [0.3, 0.4) is 0 Å². The first-order valence-corrected chi connectivity index (χ1v) is 6.26. The van der Waals surface area contributed by atoms with E-state index in [9.17, 15) is 0 Å². The molecule has 1 heterocycles. The third kappa shape index (κ3) is 3.09. The maximum absolute atomic E-state index is 5.29. The third-order valence-corrected chi connectivity index (χ3v) is 3.47.